The van der Waals surface area contributed by atoms with Gasteiger partial charge in [-0.05, 0) is 0 Å². The van der Waals surface area contributed by atoms with Crippen LogP contribution in [0.3, 0.4) is 0 Å². The van der Waals surface area contributed by atoms with E-state index in [1.807, 2.05) is 5.32 Å². The molecule has 6 heteroatoms. The van der Waals surface area contributed by atoms with Crippen molar-refractivity contribution in [3.63, 3.8) is 0 Å². The third kappa shape index (κ3) is 1.12. The van der Waals surface area contributed by atoms with E-state index >= 15 is 0 Å². The molecule has 1 saturated heterocycles. The smallest absolute Gasteiger partial charge is 0.328 e. The molecule has 0 aromatic rings. The van der Waals surface area contributed by atoms with Crippen molar-refractivity contribution < 1.29 is 14.7 Å². The van der Waals surface area contributed by atoms with Crippen molar-refractivity contribution in [1.82, 2.24) is 15.1 Å². The molecular weight excluding hydrogens is 150 g/mol. The van der Waals surface area contributed by atoms with Crippen molar-refractivity contribution in [2.75, 3.05) is 14.1 Å². The van der Waals surface area contributed by atoms with E-state index < -0.39 is 18.4 Å². The number of rotatable bonds is 0. The molecule has 1 fully saturated rings. The molecule has 11 heavy (non-hydrogen) atoms. The summed E-state index contributed by atoms with van der Waals surface area (Å²) in [7, 11) is 2.78. The van der Waals surface area contributed by atoms with Crippen LogP contribution in [0.1, 0.15) is 0 Å². The largest absolute Gasteiger partial charge is 0.356 e. The fourth-order valence-corrected chi connectivity index (χ4v) is 0.737. The Hall–Kier alpha value is -1.30. The van der Waals surface area contributed by atoms with Crippen LogP contribution in [0, 0.1) is 0 Å². The first kappa shape index (κ1) is 7.80. The van der Waals surface area contributed by atoms with Gasteiger partial charge in [-0.1, -0.05) is 0 Å². The molecule has 0 spiro atoms. The van der Waals surface area contributed by atoms with Crippen molar-refractivity contribution in [2.24, 2.45) is 0 Å². The van der Waals surface area contributed by atoms with Crippen LogP contribution >= 0.6 is 0 Å². The van der Waals surface area contributed by atoms with Gasteiger partial charge in [0, 0.05) is 14.1 Å². The van der Waals surface area contributed by atoms with Gasteiger partial charge in [-0.15, -0.1) is 0 Å². The van der Waals surface area contributed by atoms with Gasteiger partial charge in [-0.2, -0.15) is 0 Å². The summed E-state index contributed by atoms with van der Waals surface area (Å²) >= 11 is 0. The second kappa shape index (κ2) is 2.39. The Morgan fingerprint density at radius 3 is 2.00 bits per heavy atom. The lowest BCUT2D eigenvalue weighted by molar-refractivity contribution is -0.0549. The quantitative estimate of drug-likeness (QED) is 0.474. The number of carbonyl (C=O) groups is 2. The van der Waals surface area contributed by atoms with Gasteiger partial charge < -0.3 is 5.11 Å². The lowest BCUT2D eigenvalue weighted by Gasteiger charge is -2.35. The first-order valence-electron chi connectivity index (χ1n) is 3.02. The lowest BCUT2D eigenvalue weighted by atomic mass is 10.5. The number of urea groups is 2. The Kier molecular flexibility index (Phi) is 1.69. The highest BCUT2D eigenvalue weighted by atomic mass is 16.3. The molecule has 1 heterocycles. The van der Waals surface area contributed by atoms with Gasteiger partial charge in [-0.25, -0.2) is 9.59 Å². The Morgan fingerprint density at radius 2 is 1.64 bits per heavy atom. The van der Waals surface area contributed by atoms with Crippen LogP contribution in [0.25, 0.3) is 0 Å². The highest BCUT2D eigenvalue weighted by Gasteiger charge is 2.31. The minimum atomic E-state index is -1.17. The van der Waals surface area contributed by atoms with Gasteiger partial charge in [0.15, 0.2) is 0 Å². The maximum absolute atomic E-state index is 10.8. The van der Waals surface area contributed by atoms with Crippen molar-refractivity contribution >= 4 is 12.1 Å². The van der Waals surface area contributed by atoms with E-state index in [1.165, 1.54) is 14.1 Å². The van der Waals surface area contributed by atoms with Gasteiger partial charge in [0.25, 0.3) is 0 Å². The Labute approximate surface area is 63.4 Å². The minimum absolute atomic E-state index is 0.597. The fourth-order valence-electron chi connectivity index (χ4n) is 0.737. The van der Waals surface area contributed by atoms with Crippen LogP contribution in [0.15, 0.2) is 0 Å². The van der Waals surface area contributed by atoms with E-state index in [0.717, 1.165) is 9.80 Å². The topological polar surface area (TPSA) is 72.9 Å². The van der Waals surface area contributed by atoms with Gasteiger partial charge in [-0.3, -0.25) is 15.1 Å². The molecule has 0 radical (unpaired) electrons. The number of aliphatic hydroxyl groups is 1. The van der Waals surface area contributed by atoms with E-state index in [0.29, 0.717) is 0 Å². The number of imide groups is 1. The number of aliphatic hydroxyl groups excluding tert-OH is 1. The SMILES string of the molecule is CN1C(=O)NC(=O)N(C)C1O. The van der Waals surface area contributed by atoms with E-state index in [-0.39, 0.29) is 0 Å². The van der Waals surface area contributed by atoms with Gasteiger partial charge >= 0.3 is 12.1 Å². The lowest BCUT2D eigenvalue weighted by Crippen LogP contribution is -2.62. The zero-order valence-corrected chi connectivity index (χ0v) is 6.24. The van der Waals surface area contributed by atoms with Crippen LogP contribution in [-0.4, -0.2) is 47.4 Å². The van der Waals surface area contributed by atoms with Crippen molar-refractivity contribution in [1.29, 1.82) is 0 Å². The molecule has 0 aromatic heterocycles. The van der Waals surface area contributed by atoms with Crippen LogP contribution in [-0.2, 0) is 0 Å². The number of nitrogens with one attached hydrogen (secondary N) is 1. The summed E-state index contributed by atoms with van der Waals surface area (Å²) in [6, 6.07) is -1.19. The number of hydrogen-bond donors (Lipinski definition) is 2. The molecular formula is C5H9N3O3. The second-order valence-electron chi connectivity index (χ2n) is 2.30. The summed E-state index contributed by atoms with van der Waals surface area (Å²) in [4.78, 5) is 23.6. The standard InChI is InChI=1S/C5H9N3O3/c1-7-3(9)6-4(10)8(2)5(7)11/h5,11H,1-2H3,(H,6,9,10). The summed E-state index contributed by atoms with van der Waals surface area (Å²) in [5.41, 5.74) is 0. The van der Waals surface area contributed by atoms with Crippen LogP contribution in [0.4, 0.5) is 9.59 Å². The first-order chi connectivity index (χ1) is 5.04. The van der Waals surface area contributed by atoms with E-state index in [4.69, 9.17) is 5.11 Å². The number of hydrogen-bond acceptors (Lipinski definition) is 3. The van der Waals surface area contributed by atoms with Crippen LogP contribution in [0.2, 0.25) is 0 Å². The Balaban J connectivity index is 2.78. The summed E-state index contributed by atoms with van der Waals surface area (Å²) in [6.07, 6.45) is -1.17. The van der Waals surface area contributed by atoms with Crippen LogP contribution in [0.5, 0.6) is 0 Å². The molecule has 0 unspecified atom stereocenters. The molecule has 0 bridgehead atoms. The first-order valence-corrected chi connectivity index (χ1v) is 3.02. The van der Waals surface area contributed by atoms with Gasteiger partial charge in [0.1, 0.15) is 0 Å². The second-order valence-corrected chi connectivity index (χ2v) is 2.30. The van der Waals surface area contributed by atoms with Crippen molar-refractivity contribution in [3.05, 3.63) is 0 Å². The average Bonchev–Trinajstić information content (AvgIpc) is 1.97. The zero-order valence-electron chi connectivity index (χ0n) is 6.24. The minimum Gasteiger partial charge on any atom is -0.356 e. The normalized spacial score (nSPS) is 20.6. The molecule has 62 valence electrons. The fraction of sp³-hybridized carbons (Fsp3) is 0.600. The number of carbonyl (C=O) groups excluding carboxylic acids is 2. The Bertz CT molecular complexity index is 185. The van der Waals surface area contributed by atoms with Crippen molar-refractivity contribution in [2.45, 2.75) is 6.35 Å². The Morgan fingerprint density at radius 1 is 1.27 bits per heavy atom. The third-order valence-electron chi connectivity index (χ3n) is 1.55. The number of amides is 4. The summed E-state index contributed by atoms with van der Waals surface area (Å²) in [5.74, 6) is 0. The van der Waals surface area contributed by atoms with E-state index in [1.54, 1.807) is 0 Å². The molecule has 1 aliphatic heterocycles. The molecule has 1 rings (SSSR count). The molecule has 0 aromatic carbocycles. The predicted octanol–water partition coefficient (Wildman–Crippen LogP) is -1.03. The van der Waals surface area contributed by atoms with E-state index in [9.17, 15) is 9.59 Å². The van der Waals surface area contributed by atoms with Crippen molar-refractivity contribution in [3.8, 4) is 0 Å². The molecule has 6 nitrogen and oxygen atoms in total. The summed E-state index contributed by atoms with van der Waals surface area (Å²) in [6.45, 7) is 0. The maximum atomic E-state index is 10.8. The monoisotopic (exact) mass is 159 g/mol. The molecule has 0 atom stereocenters. The molecule has 2 N–H and O–H groups in total. The zero-order chi connectivity index (χ0) is 8.59. The third-order valence-corrected chi connectivity index (χ3v) is 1.55. The summed E-state index contributed by atoms with van der Waals surface area (Å²) in [5, 5.41) is 11.2. The summed E-state index contributed by atoms with van der Waals surface area (Å²) < 4.78 is 0. The van der Waals surface area contributed by atoms with Crippen LogP contribution < -0.4 is 5.32 Å². The van der Waals surface area contributed by atoms with E-state index in [2.05, 4.69) is 0 Å². The highest BCUT2D eigenvalue weighted by molar-refractivity contribution is 5.95. The van der Waals surface area contributed by atoms with Gasteiger partial charge in [0.05, 0.1) is 0 Å². The predicted molar refractivity (Wildman–Crippen MR) is 35.5 cm³/mol. The molecule has 0 aliphatic carbocycles. The molecule has 4 amide bonds. The van der Waals surface area contributed by atoms with Gasteiger partial charge in [0.2, 0.25) is 6.35 Å². The average molecular weight is 159 g/mol. The maximum Gasteiger partial charge on any atom is 0.328 e. The highest BCUT2D eigenvalue weighted by Crippen LogP contribution is 2.04. The molecule has 0 saturated carbocycles. The number of nitrogens with zero attached hydrogens (tertiary/aromatic N) is 2. The molecule has 1 aliphatic rings.